The van der Waals surface area contributed by atoms with Gasteiger partial charge in [-0.25, -0.2) is 0 Å². The third-order valence-electron chi connectivity index (χ3n) is 1.79. The highest BCUT2D eigenvalue weighted by Gasteiger charge is 1.93. The largest absolute Gasteiger partial charge is 0.402 e. The molecule has 0 unspecified atom stereocenters. The molecule has 1 aromatic rings. The number of allylic oxidation sites excluding steroid dienone is 4. The van der Waals surface area contributed by atoms with Gasteiger partial charge < -0.3 is 5.73 Å². The molecule has 0 bridgehead atoms. The van der Waals surface area contributed by atoms with Crippen molar-refractivity contribution in [1.29, 1.82) is 0 Å². The molecule has 1 aromatic heterocycles. The predicted molar refractivity (Wildman–Crippen MR) is 59.6 cm³/mol. The summed E-state index contributed by atoms with van der Waals surface area (Å²) in [7, 11) is 0. The van der Waals surface area contributed by atoms with E-state index in [1.165, 1.54) is 0 Å². The zero-order valence-corrected chi connectivity index (χ0v) is 8.48. The Hall–Kier alpha value is -1.57. The second-order valence-electron chi connectivity index (χ2n) is 3.08. The van der Waals surface area contributed by atoms with E-state index in [2.05, 4.69) is 18.0 Å². The summed E-state index contributed by atoms with van der Waals surface area (Å²) in [6.07, 6.45) is 9.52. The molecule has 0 aromatic carbocycles. The lowest BCUT2D eigenvalue weighted by Gasteiger charge is -1.98. The van der Waals surface area contributed by atoms with Gasteiger partial charge in [0.1, 0.15) is 0 Å². The molecular weight excluding hydrogens is 172 g/mol. The van der Waals surface area contributed by atoms with E-state index in [9.17, 15) is 0 Å². The fourth-order valence-corrected chi connectivity index (χ4v) is 1.10. The molecule has 2 nitrogen and oxygen atoms in total. The molecule has 2 N–H and O–H groups in total. The van der Waals surface area contributed by atoms with Crippen molar-refractivity contribution in [3.63, 3.8) is 0 Å². The van der Waals surface area contributed by atoms with Crippen LogP contribution in [0, 0.1) is 0 Å². The maximum Gasteiger partial charge on any atom is 0.0462 e. The number of nitrogens with zero attached hydrogens (tertiary/aromatic N) is 1. The second-order valence-corrected chi connectivity index (χ2v) is 3.08. The molecule has 1 rings (SSSR count). The van der Waals surface area contributed by atoms with E-state index in [4.69, 9.17) is 5.73 Å². The summed E-state index contributed by atoms with van der Waals surface area (Å²) < 4.78 is 0. The Morgan fingerprint density at radius 2 is 2.36 bits per heavy atom. The van der Waals surface area contributed by atoms with Gasteiger partial charge in [0.15, 0.2) is 0 Å². The van der Waals surface area contributed by atoms with Gasteiger partial charge in [0.25, 0.3) is 0 Å². The van der Waals surface area contributed by atoms with Crippen LogP contribution in [0.15, 0.2) is 48.3 Å². The lowest BCUT2D eigenvalue weighted by Crippen LogP contribution is -2.01. The molecule has 1 heterocycles. The number of hydrogen-bond acceptors (Lipinski definition) is 2. The Balaban J connectivity index is 2.53. The average molecular weight is 188 g/mol. The molecule has 0 amide bonds. The molecule has 0 saturated carbocycles. The van der Waals surface area contributed by atoms with E-state index >= 15 is 0 Å². The van der Waals surface area contributed by atoms with Crippen molar-refractivity contribution in [2.75, 3.05) is 0 Å². The number of pyridine rings is 1. The van der Waals surface area contributed by atoms with Crippen LogP contribution in [0.2, 0.25) is 0 Å². The fourth-order valence-electron chi connectivity index (χ4n) is 1.10. The molecule has 0 saturated heterocycles. The van der Waals surface area contributed by atoms with E-state index in [1.807, 2.05) is 30.4 Å². The Labute approximate surface area is 85.2 Å². The van der Waals surface area contributed by atoms with Crippen molar-refractivity contribution in [2.45, 2.75) is 19.8 Å². The van der Waals surface area contributed by atoms with Gasteiger partial charge in [0.2, 0.25) is 0 Å². The molecule has 0 atom stereocenters. The first-order chi connectivity index (χ1) is 6.83. The van der Waals surface area contributed by atoms with Crippen molar-refractivity contribution in [1.82, 2.24) is 4.98 Å². The maximum atomic E-state index is 5.82. The molecule has 0 aliphatic heterocycles. The first-order valence-electron chi connectivity index (χ1n) is 4.84. The summed E-state index contributed by atoms with van der Waals surface area (Å²) in [6, 6.07) is 5.85. The van der Waals surface area contributed by atoms with Gasteiger partial charge in [-0.1, -0.05) is 25.1 Å². The normalized spacial score (nSPS) is 12.2. The van der Waals surface area contributed by atoms with Crippen LogP contribution in [-0.4, -0.2) is 4.98 Å². The van der Waals surface area contributed by atoms with Gasteiger partial charge in [0.05, 0.1) is 0 Å². The molecule has 0 aliphatic carbocycles. The zero-order valence-electron chi connectivity index (χ0n) is 8.48. The van der Waals surface area contributed by atoms with Crippen molar-refractivity contribution < 1.29 is 0 Å². The summed E-state index contributed by atoms with van der Waals surface area (Å²) in [5.41, 5.74) is 7.66. The van der Waals surface area contributed by atoms with Gasteiger partial charge in [-0.2, -0.15) is 0 Å². The SMILES string of the molecule is CC/C=C\C=C(/N)Cc1ccccn1. The standard InChI is InChI=1S/C12H16N2/c1-2-3-4-7-11(13)10-12-8-5-6-9-14-12/h3-9H,2,10,13H2,1H3/b4-3-,11-7-. The van der Waals surface area contributed by atoms with E-state index in [1.54, 1.807) is 6.20 Å². The third-order valence-corrected chi connectivity index (χ3v) is 1.79. The molecule has 0 radical (unpaired) electrons. The molecule has 2 heteroatoms. The Bertz CT molecular complexity index is 312. The van der Waals surface area contributed by atoms with Crippen molar-refractivity contribution in [3.05, 3.63) is 54.0 Å². The van der Waals surface area contributed by atoms with Crippen LogP contribution in [0.5, 0.6) is 0 Å². The van der Waals surface area contributed by atoms with E-state index in [0.29, 0.717) is 0 Å². The van der Waals surface area contributed by atoms with Gasteiger partial charge >= 0.3 is 0 Å². The van der Waals surface area contributed by atoms with Crippen molar-refractivity contribution in [3.8, 4) is 0 Å². The molecule has 74 valence electrons. The molecule has 0 spiro atoms. The molecule has 14 heavy (non-hydrogen) atoms. The van der Waals surface area contributed by atoms with Gasteiger partial charge in [-0.05, 0) is 24.6 Å². The average Bonchev–Trinajstić information content (AvgIpc) is 2.20. The molecular formula is C12H16N2. The topological polar surface area (TPSA) is 38.9 Å². The zero-order chi connectivity index (χ0) is 10.2. The molecule has 0 aliphatic rings. The Morgan fingerprint density at radius 3 is 3.00 bits per heavy atom. The van der Waals surface area contributed by atoms with Crippen LogP contribution in [0.4, 0.5) is 0 Å². The fraction of sp³-hybridized carbons (Fsp3) is 0.250. The highest BCUT2D eigenvalue weighted by atomic mass is 14.7. The highest BCUT2D eigenvalue weighted by molar-refractivity contribution is 5.16. The van der Waals surface area contributed by atoms with Crippen LogP contribution in [0.1, 0.15) is 19.0 Å². The highest BCUT2D eigenvalue weighted by Crippen LogP contribution is 2.00. The quantitative estimate of drug-likeness (QED) is 0.737. The minimum Gasteiger partial charge on any atom is -0.402 e. The predicted octanol–water partition coefficient (Wildman–Crippen LogP) is 2.43. The van der Waals surface area contributed by atoms with Crippen molar-refractivity contribution >= 4 is 0 Å². The minimum absolute atomic E-state index is 0.717. The minimum atomic E-state index is 0.717. The van der Waals surface area contributed by atoms with Gasteiger partial charge in [-0.15, -0.1) is 0 Å². The summed E-state index contributed by atoms with van der Waals surface area (Å²) >= 11 is 0. The van der Waals surface area contributed by atoms with Crippen LogP contribution in [-0.2, 0) is 6.42 Å². The number of nitrogens with two attached hydrogens (primary N) is 1. The summed E-state index contributed by atoms with van der Waals surface area (Å²) in [6.45, 7) is 2.10. The second kappa shape index (κ2) is 5.97. The first kappa shape index (κ1) is 10.5. The van der Waals surface area contributed by atoms with Crippen LogP contribution >= 0.6 is 0 Å². The third kappa shape index (κ3) is 3.90. The Kier molecular flexibility index (Phi) is 4.48. The Morgan fingerprint density at radius 1 is 1.50 bits per heavy atom. The monoisotopic (exact) mass is 188 g/mol. The van der Waals surface area contributed by atoms with Crippen LogP contribution in [0.3, 0.4) is 0 Å². The first-order valence-corrected chi connectivity index (χ1v) is 4.84. The van der Waals surface area contributed by atoms with E-state index in [0.717, 1.165) is 24.2 Å². The lowest BCUT2D eigenvalue weighted by molar-refractivity contribution is 1.03. The van der Waals surface area contributed by atoms with Crippen molar-refractivity contribution in [2.24, 2.45) is 5.73 Å². The number of aromatic nitrogens is 1. The van der Waals surface area contributed by atoms with Crippen LogP contribution < -0.4 is 5.73 Å². The number of rotatable bonds is 4. The van der Waals surface area contributed by atoms with E-state index in [-0.39, 0.29) is 0 Å². The molecule has 0 fully saturated rings. The van der Waals surface area contributed by atoms with E-state index < -0.39 is 0 Å². The lowest BCUT2D eigenvalue weighted by atomic mass is 10.2. The summed E-state index contributed by atoms with van der Waals surface area (Å²) in [4.78, 5) is 4.20. The van der Waals surface area contributed by atoms with Gasteiger partial charge in [0, 0.05) is 24.0 Å². The van der Waals surface area contributed by atoms with Gasteiger partial charge in [-0.3, -0.25) is 4.98 Å². The summed E-state index contributed by atoms with van der Waals surface area (Å²) in [5.74, 6) is 0. The smallest absolute Gasteiger partial charge is 0.0462 e. The number of hydrogen-bond donors (Lipinski definition) is 1. The maximum absolute atomic E-state index is 5.82. The van der Waals surface area contributed by atoms with Crippen LogP contribution in [0.25, 0.3) is 0 Å². The summed E-state index contributed by atoms with van der Waals surface area (Å²) in [5, 5.41) is 0.